The number of benzene rings is 2. The third-order valence-electron chi connectivity index (χ3n) is 6.86. The lowest BCUT2D eigenvalue weighted by Gasteiger charge is -2.35. The number of H-pyrrole nitrogens is 1. The molecule has 3 heterocycles. The molecule has 1 atom stereocenters. The van der Waals surface area contributed by atoms with Crippen molar-refractivity contribution in [3.63, 3.8) is 0 Å². The molecule has 0 spiro atoms. The van der Waals surface area contributed by atoms with Gasteiger partial charge in [-0.05, 0) is 36.1 Å². The monoisotopic (exact) mass is 560 g/mol. The van der Waals surface area contributed by atoms with Crippen molar-refractivity contribution in [1.82, 2.24) is 20.4 Å². The average molecular weight is 561 g/mol. The van der Waals surface area contributed by atoms with Crippen molar-refractivity contribution in [3.8, 4) is 0 Å². The van der Waals surface area contributed by atoms with Crippen LogP contribution in [0.5, 0.6) is 0 Å². The summed E-state index contributed by atoms with van der Waals surface area (Å²) >= 11 is 12.3. The third-order valence-corrected chi connectivity index (χ3v) is 9.74. The zero-order chi connectivity index (χ0) is 26.0. The van der Waals surface area contributed by atoms with Gasteiger partial charge in [0.25, 0.3) is 5.91 Å². The molecule has 0 aliphatic carbocycles. The summed E-state index contributed by atoms with van der Waals surface area (Å²) in [5, 5.41) is 10.3. The molecule has 5 rings (SSSR count). The van der Waals surface area contributed by atoms with Crippen LogP contribution in [0.3, 0.4) is 0 Å². The lowest BCUT2D eigenvalue weighted by molar-refractivity contribution is 0.0907. The zero-order valence-corrected chi connectivity index (χ0v) is 22.5. The van der Waals surface area contributed by atoms with Crippen molar-refractivity contribution >= 4 is 42.3 Å². The number of hydrogen-bond acceptors (Lipinski definition) is 6. The van der Waals surface area contributed by atoms with Crippen LogP contribution in [-0.4, -0.2) is 52.2 Å². The summed E-state index contributed by atoms with van der Waals surface area (Å²) in [6, 6.07) is 12.8. The van der Waals surface area contributed by atoms with Gasteiger partial charge in [0.15, 0.2) is 5.78 Å². The highest BCUT2D eigenvalue weighted by Crippen LogP contribution is 2.54. The molecule has 1 fully saturated rings. The molecule has 2 aliphatic rings. The Balaban J connectivity index is 1.14. The van der Waals surface area contributed by atoms with Crippen molar-refractivity contribution < 1.29 is 18.7 Å². The summed E-state index contributed by atoms with van der Waals surface area (Å²) in [5.74, 6) is -0.606. The second-order valence-corrected chi connectivity index (χ2v) is 12.8. The number of carbonyl (C=O) groups excluding carboxylic acids is 2. The summed E-state index contributed by atoms with van der Waals surface area (Å²) in [7, 11) is -2.78. The molecule has 1 saturated heterocycles. The van der Waals surface area contributed by atoms with E-state index in [9.17, 15) is 14.2 Å². The van der Waals surface area contributed by atoms with Crippen LogP contribution in [0.25, 0.3) is 0 Å². The molecule has 2 aliphatic heterocycles. The number of aromatic nitrogens is 2. The summed E-state index contributed by atoms with van der Waals surface area (Å²) in [5.41, 5.74) is 3.16. The first-order chi connectivity index (χ1) is 17.8. The Morgan fingerprint density at radius 3 is 2.51 bits per heavy atom. The Morgan fingerprint density at radius 2 is 1.78 bits per heavy atom. The zero-order valence-electron chi connectivity index (χ0n) is 20.1. The topological polar surface area (TPSA) is 104 Å². The van der Waals surface area contributed by atoms with Gasteiger partial charge in [0.2, 0.25) is 7.37 Å². The molecular formula is C26H27Cl2N4O4P. The number of nitrogens with one attached hydrogen (secondary N) is 2. The van der Waals surface area contributed by atoms with Gasteiger partial charge in [-0.15, -0.1) is 0 Å². The normalized spacial score (nSPS) is 20.4. The van der Waals surface area contributed by atoms with Crippen LogP contribution >= 0.6 is 30.6 Å². The number of halogens is 2. The minimum Gasteiger partial charge on any atom is -0.348 e. The van der Waals surface area contributed by atoms with Crippen LogP contribution in [0.2, 0.25) is 10.0 Å². The van der Waals surface area contributed by atoms with Crippen molar-refractivity contribution in [2.75, 3.05) is 19.4 Å². The number of Topliss-reactive ketones (excluding diaryl/α,β-unsaturated/α-hetero) is 1. The third kappa shape index (κ3) is 6.00. The fourth-order valence-electron chi connectivity index (χ4n) is 4.88. The molecule has 37 heavy (non-hydrogen) atoms. The predicted molar refractivity (Wildman–Crippen MR) is 143 cm³/mol. The molecule has 8 nitrogen and oxygen atoms in total. The largest absolute Gasteiger partial charge is 0.348 e. The molecule has 2 aromatic carbocycles. The Hall–Kier alpha value is -2.48. The van der Waals surface area contributed by atoms with Gasteiger partial charge in [-0.2, -0.15) is 5.10 Å². The molecule has 1 unspecified atom stereocenters. The number of carbonyl (C=O) groups is 2. The number of likely N-dealkylation sites (tertiary alicyclic amines) is 1. The van der Waals surface area contributed by atoms with Crippen LogP contribution < -0.4 is 5.32 Å². The first-order valence-corrected chi connectivity index (χ1v) is 14.9. The van der Waals surface area contributed by atoms with Crippen LogP contribution in [0.1, 0.15) is 50.4 Å². The van der Waals surface area contributed by atoms with E-state index in [0.717, 1.165) is 24.0 Å². The standard InChI is InChI=1S/C26H27Cl2N4O4P/c27-21-6-3-7-22(28)24(21)23(33)12-19-13-29-31-25(19)26(34)30-20-8-10-32(11-9-20)16-37(35)15-18-5-2-1-4-17(18)14-36-37/h1-7,13,20H,8-12,14-16H2,(H,29,31)(H,30,34). The van der Waals surface area contributed by atoms with E-state index in [1.807, 2.05) is 24.3 Å². The fourth-order valence-corrected chi connectivity index (χ4v) is 7.86. The molecule has 1 amide bonds. The molecule has 0 saturated carbocycles. The van der Waals surface area contributed by atoms with E-state index in [2.05, 4.69) is 20.4 Å². The lowest BCUT2D eigenvalue weighted by atomic mass is 10.0. The first kappa shape index (κ1) is 26.1. The Bertz CT molecular complexity index is 1350. The van der Waals surface area contributed by atoms with Gasteiger partial charge in [0.1, 0.15) is 5.69 Å². The van der Waals surface area contributed by atoms with Gasteiger partial charge < -0.3 is 9.84 Å². The summed E-state index contributed by atoms with van der Waals surface area (Å²) < 4.78 is 19.2. The first-order valence-electron chi connectivity index (χ1n) is 12.1. The number of rotatable bonds is 7. The quantitative estimate of drug-likeness (QED) is 0.300. The van der Waals surface area contributed by atoms with E-state index in [0.29, 0.717) is 37.7 Å². The second-order valence-electron chi connectivity index (χ2n) is 9.49. The van der Waals surface area contributed by atoms with Crippen molar-refractivity contribution in [2.45, 2.75) is 38.1 Å². The fraction of sp³-hybridized carbons (Fsp3) is 0.346. The van der Waals surface area contributed by atoms with Gasteiger partial charge in [-0.3, -0.25) is 24.2 Å². The smallest absolute Gasteiger partial charge is 0.269 e. The van der Waals surface area contributed by atoms with Gasteiger partial charge in [-0.1, -0.05) is 53.5 Å². The molecule has 3 aromatic rings. The van der Waals surface area contributed by atoms with E-state index >= 15 is 0 Å². The number of piperidine rings is 1. The van der Waals surface area contributed by atoms with Crippen LogP contribution in [0.15, 0.2) is 48.7 Å². The van der Waals surface area contributed by atoms with E-state index in [1.54, 1.807) is 18.2 Å². The molecule has 0 bridgehead atoms. The summed E-state index contributed by atoms with van der Waals surface area (Å²) in [6.07, 6.45) is 3.74. The molecule has 1 aromatic heterocycles. The molecule has 0 radical (unpaired) electrons. The minimum absolute atomic E-state index is 0.0393. The maximum Gasteiger partial charge on any atom is 0.269 e. The van der Waals surface area contributed by atoms with E-state index in [4.69, 9.17) is 27.7 Å². The maximum absolute atomic E-state index is 13.4. The highest BCUT2D eigenvalue weighted by Gasteiger charge is 2.33. The number of fused-ring (bicyclic) bond motifs is 1. The molecule has 2 N–H and O–H groups in total. The minimum atomic E-state index is -2.78. The van der Waals surface area contributed by atoms with Gasteiger partial charge >= 0.3 is 0 Å². The highest BCUT2D eigenvalue weighted by atomic mass is 35.5. The van der Waals surface area contributed by atoms with Gasteiger partial charge in [0, 0.05) is 31.1 Å². The SMILES string of the molecule is O=C(NC1CCN(CP2(=O)Cc3ccccc3CO2)CC1)c1[nH]ncc1CC(=O)c1c(Cl)cccc1Cl. The predicted octanol–water partition coefficient (Wildman–Crippen LogP) is 5.30. The number of ketones is 1. The Kier molecular flexibility index (Phi) is 7.84. The van der Waals surface area contributed by atoms with Crippen LogP contribution in [-0.2, 0) is 28.3 Å². The van der Waals surface area contributed by atoms with Crippen LogP contribution in [0.4, 0.5) is 0 Å². The lowest BCUT2D eigenvalue weighted by Crippen LogP contribution is -2.45. The molecule has 11 heteroatoms. The van der Waals surface area contributed by atoms with E-state index in [-0.39, 0.29) is 45.5 Å². The number of nitrogens with zero attached hydrogens (tertiary/aromatic N) is 2. The summed E-state index contributed by atoms with van der Waals surface area (Å²) in [4.78, 5) is 28.0. The van der Waals surface area contributed by atoms with Crippen LogP contribution in [0, 0.1) is 0 Å². The second kappa shape index (κ2) is 11.1. The number of hydrogen-bond donors (Lipinski definition) is 2. The Morgan fingerprint density at radius 1 is 1.08 bits per heavy atom. The summed E-state index contributed by atoms with van der Waals surface area (Å²) in [6.45, 7) is 1.80. The van der Waals surface area contributed by atoms with Crippen molar-refractivity contribution in [1.29, 1.82) is 0 Å². The Labute approximate surface area is 225 Å². The average Bonchev–Trinajstić information content (AvgIpc) is 3.33. The molecular weight excluding hydrogens is 534 g/mol. The van der Waals surface area contributed by atoms with Crippen molar-refractivity contribution in [3.05, 3.63) is 86.7 Å². The van der Waals surface area contributed by atoms with Crippen molar-refractivity contribution in [2.24, 2.45) is 0 Å². The van der Waals surface area contributed by atoms with E-state index in [1.165, 1.54) is 6.20 Å². The van der Waals surface area contributed by atoms with E-state index < -0.39 is 7.37 Å². The highest BCUT2D eigenvalue weighted by molar-refractivity contribution is 7.58. The maximum atomic E-state index is 13.4. The van der Waals surface area contributed by atoms with Gasteiger partial charge in [0.05, 0.1) is 40.9 Å². The van der Waals surface area contributed by atoms with Gasteiger partial charge in [-0.25, -0.2) is 0 Å². The molecule has 194 valence electrons. The number of aromatic amines is 1. The number of amides is 1.